The van der Waals surface area contributed by atoms with E-state index >= 15 is 0 Å². The van der Waals surface area contributed by atoms with Gasteiger partial charge in [0.15, 0.2) is 11.9 Å². The fourth-order valence-electron chi connectivity index (χ4n) is 4.69. The van der Waals surface area contributed by atoms with Crippen LogP contribution in [-0.4, -0.2) is 59.8 Å². The topological polar surface area (TPSA) is 163 Å². The molecule has 3 aromatic rings. The molecule has 0 aliphatic carbocycles. The number of carbonyl (C=O) groups is 4. The predicted octanol–water partition coefficient (Wildman–Crippen LogP) is 4.36. The zero-order chi connectivity index (χ0) is 29.5. The maximum Gasteiger partial charge on any atom is 0.336 e. The smallest absolute Gasteiger partial charge is 0.336 e. The minimum Gasteiger partial charge on any atom is -0.495 e. The van der Waals surface area contributed by atoms with E-state index in [9.17, 15) is 29.4 Å². The number of Topliss-reactive ketones (excluding diaryl/α,β-unsaturated/α-hetero) is 1. The van der Waals surface area contributed by atoms with Crippen LogP contribution in [0.15, 0.2) is 60.7 Å². The van der Waals surface area contributed by atoms with Gasteiger partial charge in [0, 0.05) is 12.1 Å². The number of amides is 2. The van der Waals surface area contributed by atoms with Gasteiger partial charge in [-0.3, -0.25) is 4.79 Å². The van der Waals surface area contributed by atoms with E-state index in [2.05, 4.69) is 16.0 Å². The number of rotatable bonds is 11. The number of hydrogen-bond acceptors (Lipinski definition) is 7. The van der Waals surface area contributed by atoms with Gasteiger partial charge in [0.1, 0.15) is 11.5 Å². The van der Waals surface area contributed by atoms with Crippen molar-refractivity contribution in [3.63, 3.8) is 0 Å². The zero-order valence-corrected chi connectivity index (χ0v) is 22.6. The molecular weight excluding hydrogens is 530 g/mol. The molecule has 0 bridgehead atoms. The first-order valence-corrected chi connectivity index (χ1v) is 13.0. The fourth-order valence-corrected chi connectivity index (χ4v) is 4.69. The van der Waals surface area contributed by atoms with Crippen molar-refractivity contribution in [3.8, 4) is 11.5 Å². The van der Waals surface area contributed by atoms with Gasteiger partial charge in [0.05, 0.1) is 30.0 Å². The summed E-state index contributed by atoms with van der Waals surface area (Å²) in [5.41, 5.74) is 1.82. The minimum atomic E-state index is -1.41. The third kappa shape index (κ3) is 7.20. The number of benzene rings is 3. The molecule has 1 aliphatic rings. The number of carboxylic acid groups (broad SMARTS) is 2. The number of aromatic carboxylic acids is 2. The van der Waals surface area contributed by atoms with E-state index < -0.39 is 29.6 Å². The van der Waals surface area contributed by atoms with E-state index in [4.69, 9.17) is 9.47 Å². The molecule has 2 atom stereocenters. The summed E-state index contributed by atoms with van der Waals surface area (Å²) >= 11 is 0. The van der Waals surface area contributed by atoms with Crippen LogP contribution in [0.25, 0.3) is 0 Å². The van der Waals surface area contributed by atoms with Gasteiger partial charge >= 0.3 is 18.0 Å². The van der Waals surface area contributed by atoms with Crippen LogP contribution < -0.4 is 25.4 Å². The third-order valence-corrected chi connectivity index (χ3v) is 6.78. The molecule has 1 aliphatic heterocycles. The number of nitrogens with one attached hydrogen (secondary N) is 3. The van der Waals surface area contributed by atoms with E-state index in [0.717, 1.165) is 24.1 Å². The number of ether oxygens (including phenoxy) is 2. The van der Waals surface area contributed by atoms with Crippen LogP contribution in [0.4, 0.5) is 16.2 Å². The summed E-state index contributed by atoms with van der Waals surface area (Å²) in [5.74, 6) is -2.61. The van der Waals surface area contributed by atoms with Crippen LogP contribution >= 0.6 is 0 Å². The summed E-state index contributed by atoms with van der Waals surface area (Å²) in [6, 6.07) is 15.2. The number of para-hydroxylation sites is 1. The van der Waals surface area contributed by atoms with E-state index in [1.165, 1.54) is 13.2 Å². The molecule has 0 aromatic heterocycles. The van der Waals surface area contributed by atoms with Crippen LogP contribution in [0.3, 0.4) is 0 Å². The maximum absolute atomic E-state index is 13.5. The van der Waals surface area contributed by atoms with Crippen molar-refractivity contribution < 1.29 is 38.9 Å². The van der Waals surface area contributed by atoms with E-state index in [1.54, 1.807) is 24.3 Å². The normalized spacial score (nSPS) is 15.0. The number of carboxylic acids is 2. The minimum absolute atomic E-state index is 0.0200. The highest BCUT2D eigenvalue weighted by Crippen LogP contribution is 2.28. The highest BCUT2D eigenvalue weighted by molar-refractivity contribution is 6.02. The molecule has 0 spiro atoms. The highest BCUT2D eigenvalue weighted by atomic mass is 16.5. The summed E-state index contributed by atoms with van der Waals surface area (Å²) in [7, 11) is 1.46. The Morgan fingerprint density at radius 2 is 1.68 bits per heavy atom. The summed E-state index contributed by atoms with van der Waals surface area (Å²) in [5, 5.41) is 27.6. The molecule has 214 valence electrons. The highest BCUT2D eigenvalue weighted by Gasteiger charge is 2.33. The van der Waals surface area contributed by atoms with Crippen LogP contribution in [0, 0.1) is 6.92 Å². The summed E-state index contributed by atoms with van der Waals surface area (Å²) in [6.07, 6.45) is 0.555. The van der Waals surface area contributed by atoms with Gasteiger partial charge in [0.2, 0.25) is 0 Å². The van der Waals surface area contributed by atoms with Gasteiger partial charge < -0.3 is 35.6 Å². The first-order valence-electron chi connectivity index (χ1n) is 13.0. The summed E-state index contributed by atoms with van der Waals surface area (Å²) in [4.78, 5) is 49.1. The average molecular weight is 562 g/mol. The number of aryl methyl sites for hydroxylation is 1. The van der Waals surface area contributed by atoms with Crippen molar-refractivity contribution in [1.82, 2.24) is 5.32 Å². The fraction of sp³-hybridized carbons (Fsp3) is 0.267. The standard InChI is InChI=1S/C30H31N3O8/c1-17-6-3-4-7-22(17)32-30(39)33-23-12-9-18(15-26(23)40-2)14-25(34)27(24-8-5-13-31-24)41-19-10-11-20(28(35)36)21(16-19)29(37)38/h3-4,6-7,9-12,15-16,24,27,31H,5,8,13-14H2,1-2H3,(H,35,36)(H,37,38)(H2,32,33,39). The average Bonchev–Trinajstić information content (AvgIpc) is 3.48. The van der Waals surface area contributed by atoms with Gasteiger partial charge in [-0.1, -0.05) is 24.3 Å². The molecule has 0 saturated carbocycles. The Balaban J connectivity index is 1.50. The number of anilines is 2. The lowest BCUT2D eigenvalue weighted by atomic mass is 9.98. The zero-order valence-electron chi connectivity index (χ0n) is 22.6. The first-order chi connectivity index (χ1) is 19.7. The first kappa shape index (κ1) is 29.1. The lowest BCUT2D eigenvalue weighted by Gasteiger charge is -2.24. The molecule has 1 heterocycles. The monoisotopic (exact) mass is 561 g/mol. The summed E-state index contributed by atoms with van der Waals surface area (Å²) < 4.78 is 11.5. The van der Waals surface area contributed by atoms with Crippen molar-refractivity contribution in [1.29, 1.82) is 0 Å². The Bertz CT molecular complexity index is 1470. The molecule has 1 fully saturated rings. The second-order valence-electron chi connectivity index (χ2n) is 9.63. The van der Waals surface area contributed by atoms with Gasteiger partial charge in [-0.2, -0.15) is 0 Å². The molecular formula is C30H31N3O8. The van der Waals surface area contributed by atoms with E-state index in [-0.39, 0.29) is 29.6 Å². The van der Waals surface area contributed by atoms with Crippen molar-refractivity contribution >= 4 is 35.1 Å². The predicted molar refractivity (Wildman–Crippen MR) is 151 cm³/mol. The van der Waals surface area contributed by atoms with Gasteiger partial charge in [0.25, 0.3) is 0 Å². The molecule has 5 N–H and O–H groups in total. The number of methoxy groups -OCH3 is 1. The molecule has 2 unspecified atom stereocenters. The molecule has 11 heteroatoms. The Labute approximate surface area is 236 Å². The maximum atomic E-state index is 13.5. The van der Waals surface area contributed by atoms with Crippen LogP contribution in [-0.2, 0) is 11.2 Å². The van der Waals surface area contributed by atoms with Crippen LogP contribution in [0.1, 0.15) is 44.7 Å². The lowest BCUT2D eigenvalue weighted by Crippen LogP contribution is -2.45. The Hall–Kier alpha value is -4.90. The Kier molecular flexibility index (Phi) is 9.20. The second kappa shape index (κ2) is 13.0. The second-order valence-corrected chi connectivity index (χ2v) is 9.63. The number of carbonyl (C=O) groups excluding carboxylic acids is 2. The van der Waals surface area contributed by atoms with Crippen molar-refractivity contribution in [2.24, 2.45) is 0 Å². The molecule has 0 radical (unpaired) electrons. The number of urea groups is 1. The Morgan fingerprint density at radius 1 is 0.951 bits per heavy atom. The van der Waals surface area contributed by atoms with E-state index in [0.29, 0.717) is 35.7 Å². The quantitative estimate of drug-likeness (QED) is 0.229. The molecule has 41 heavy (non-hydrogen) atoms. The van der Waals surface area contributed by atoms with E-state index in [1.807, 2.05) is 25.1 Å². The summed E-state index contributed by atoms with van der Waals surface area (Å²) in [6.45, 7) is 2.59. The lowest BCUT2D eigenvalue weighted by molar-refractivity contribution is -0.126. The SMILES string of the molecule is COc1cc(CC(=O)C(Oc2ccc(C(=O)O)c(C(=O)O)c2)C2CCCN2)ccc1NC(=O)Nc1ccccc1C. The van der Waals surface area contributed by atoms with Crippen molar-refractivity contribution in [2.45, 2.75) is 38.3 Å². The van der Waals surface area contributed by atoms with Gasteiger partial charge in [-0.25, -0.2) is 14.4 Å². The van der Waals surface area contributed by atoms with Crippen molar-refractivity contribution in [2.75, 3.05) is 24.3 Å². The molecule has 3 aromatic carbocycles. The van der Waals surface area contributed by atoms with Crippen molar-refractivity contribution in [3.05, 3.63) is 82.9 Å². The molecule has 2 amide bonds. The number of hydrogen-bond donors (Lipinski definition) is 5. The van der Waals surface area contributed by atoms with Crippen LogP contribution in [0.2, 0.25) is 0 Å². The van der Waals surface area contributed by atoms with Crippen LogP contribution in [0.5, 0.6) is 11.5 Å². The third-order valence-electron chi connectivity index (χ3n) is 6.78. The Morgan fingerprint density at radius 3 is 2.34 bits per heavy atom. The largest absolute Gasteiger partial charge is 0.495 e. The van der Waals surface area contributed by atoms with Gasteiger partial charge in [-0.05, 0) is 73.8 Å². The molecule has 11 nitrogen and oxygen atoms in total. The molecule has 4 rings (SSSR count). The number of ketones is 1. The molecule has 1 saturated heterocycles. The van der Waals surface area contributed by atoms with Gasteiger partial charge in [-0.15, -0.1) is 0 Å².